The Hall–Kier alpha value is -7.96. The smallest absolute Gasteiger partial charge is 0.119 e. The molecular formula is C59H52N2O4. The Bertz CT molecular complexity index is 2620. The summed E-state index contributed by atoms with van der Waals surface area (Å²) in [7, 11) is 6.79. The normalized spacial score (nSPS) is 12.1. The monoisotopic (exact) mass is 852 g/mol. The topological polar surface area (TPSA) is 43.4 Å². The van der Waals surface area contributed by atoms with Crippen molar-refractivity contribution in [2.24, 2.45) is 0 Å². The molecule has 8 aromatic rings. The molecule has 1 aliphatic carbocycles. The predicted octanol–water partition coefficient (Wildman–Crippen LogP) is 14.7. The second-order valence-electron chi connectivity index (χ2n) is 16.2. The number of hydrogen-bond acceptors (Lipinski definition) is 6. The Labute approximate surface area is 382 Å². The van der Waals surface area contributed by atoms with Crippen LogP contribution in [0.25, 0.3) is 23.3 Å². The minimum Gasteiger partial charge on any atom is -0.497 e. The Kier molecular flexibility index (Phi) is 12.0. The molecule has 0 saturated carbocycles. The van der Waals surface area contributed by atoms with Gasteiger partial charge < -0.3 is 28.7 Å². The van der Waals surface area contributed by atoms with Crippen LogP contribution in [-0.4, -0.2) is 28.4 Å². The molecule has 0 saturated heterocycles. The van der Waals surface area contributed by atoms with Crippen LogP contribution < -0.4 is 28.7 Å². The zero-order valence-electron chi connectivity index (χ0n) is 37.3. The lowest BCUT2D eigenvalue weighted by Crippen LogP contribution is -2.31. The van der Waals surface area contributed by atoms with Gasteiger partial charge in [0.1, 0.15) is 23.0 Å². The first-order valence-electron chi connectivity index (χ1n) is 21.8. The van der Waals surface area contributed by atoms with Crippen molar-refractivity contribution in [3.05, 3.63) is 229 Å². The molecule has 0 bridgehead atoms. The second-order valence-corrected chi connectivity index (χ2v) is 16.2. The van der Waals surface area contributed by atoms with Crippen LogP contribution in [0.4, 0.5) is 34.1 Å². The SMILES string of the molecule is C=Cc1ccc(CC2(Cc3ccc(C=C)cc3)c3cc(N(c4ccc(OC)cc4)c4ccc(OC)cc4)ccc3-c3ccc(N(c4ccc(OC)cc4)c4ccc(OC)cc4)cc32)cc1. The van der Waals surface area contributed by atoms with E-state index in [0.717, 1.165) is 81.1 Å². The Balaban J connectivity index is 1.29. The molecule has 0 aromatic heterocycles. The molecular weight excluding hydrogens is 801 g/mol. The predicted molar refractivity (Wildman–Crippen MR) is 269 cm³/mol. The molecule has 1 aliphatic rings. The van der Waals surface area contributed by atoms with Gasteiger partial charge in [-0.2, -0.15) is 0 Å². The largest absolute Gasteiger partial charge is 0.497 e. The third kappa shape index (κ3) is 8.34. The minimum atomic E-state index is -0.515. The molecule has 0 spiro atoms. The molecule has 9 rings (SSSR count). The highest BCUT2D eigenvalue weighted by atomic mass is 16.5. The van der Waals surface area contributed by atoms with E-state index in [9.17, 15) is 0 Å². The summed E-state index contributed by atoms with van der Waals surface area (Å²) in [5.74, 6) is 3.19. The van der Waals surface area contributed by atoms with Crippen LogP contribution in [0.3, 0.4) is 0 Å². The van der Waals surface area contributed by atoms with E-state index in [1.54, 1.807) is 28.4 Å². The van der Waals surface area contributed by atoms with Crippen LogP contribution in [0.2, 0.25) is 0 Å². The van der Waals surface area contributed by atoms with Gasteiger partial charge in [-0.25, -0.2) is 0 Å². The average molecular weight is 853 g/mol. The Morgan fingerprint density at radius 1 is 0.369 bits per heavy atom. The molecule has 8 aromatic carbocycles. The van der Waals surface area contributed by atoms with Gasteiger partial charge in [-0.1, -0.05) is 86.0 Å². The van der Waals surface area contributed by atoms with Crippen molar-refractivity contribution >= 4 is 46.3 Å². The molecule has 0 amide bonds. The third-order valence-corrected chi connectivity index (χ3v) is 12.6. The molecule has 0 fully saturated rings. The molecule has 0 radical (unpaired) electrons. The van der Waals surface area contributed by atoms with Crippen molar-refractivity contribution in [1.29, 1.82) is 0 Å². The number of hydrogen-bond donors (Lipinski definition) is 0. The van der Waals surface area contributed by atoms with Crippen LogP contribution in [0.15, 0.2) is 195 Å². The van der Waals surface area contributed by atoms with Crippen molar-refractivity contribution in [2.75, 3.05) is 38.2 Å². The van der Waals surface area contributed by atoms with Crippen molar-refractivity contribution in [3.8, 4) is 34.1 Å². The standard InChI is InChI=1S/C59H52N2O4/c1-7-41-9-13-43(14-10-41)39-59(40-44-15-11-42(8-2)12-16-44)57-37-49(60(45-17-27-51(62-3)28-18-45)46-19-29-52(63-4)30-20-46)25-35-55(57)56-36-26-50(38-58(56)59)61(47-21-31-53(64-5)32-22-47)48-23-33-54(65-6)34-24-48/h7-38H,1-2,39-40H2,3-6H3. The van der Waals surface area contributed by atoms with E-state index < -0.39 is 5.41 Å². The minimum absolute atomic E-state index is 0.515. The number of fused-ring (bicyclic) bond motifs is 3. The maximum Gasteiger partial charge on any atom is 0.119 e. The molecule has 0 heterocycles. The fraction of sp³-hybridized carbons (Fsp3) is 0.119. The van der Waals surface area contributed by atoms with E-state index >= 15 is 0 Å². The summed E-state index contributed by atoms with van der Waals surface area (Å²) in [5.41, 5.74) is 15.2. The van der Waals surface area contributed by atoms with Crippen molar-refractivity contribution < 1.29 is 18.9 Å². The zero-order valence-corrected chi connectivity index (χ0v) is 37.3. The summed E-state index contributed by atoms with van der Waals surface area (Å²) in [5, 5.41) is 0. The fourth-order valence-electron chi connectivity index (χ4n) is 9.25. The van der Waals surface area contributed by atoms with Crippen LogP contribution in [0, 0.1) is 0 Å². The van der Waals surface area contributed by atoms with Crippen LogP contribution >= 0.6 is 0 Å². The lowest BCUT2D eigenvalue weighted by Gasteiger charge is -2.35. The molecule has 0 aliphatic heterocycles. The van der Waals surface area contributed by atoms with Gasteiger partial charge in [0, 0.05) is 39.5 Å². The van der Waals surface area contributed by atoms with E-state index in [1.165, 1.54) is 33.4 Å². The lowest BCUT2D eigenvalue weighted by atomic mass is 9.69. The van der Waals surface area contributed by atoms with Crippen molar-refractivity contribution in [2.45, 2.75) is 18.3 Å². The number of rotatable bonds is 16. The summed E-state index contributed by atoms with van der Waals surface area (Å²) in [6.07, 6.45) is 5.30. The summed E-state index contributed by atoms with van der Waals surface area (Å²) in [4.78, 5) is 4.62. The number of anilines is 6. The second kappa shape index (κ2) is 18.4. The summed E-state index contributed by atoms with van der Waals surface area (Å²) in [6, 6.07) is 64.7. The van der Waals surface area contributed by atoms with E-state index in [4.69, 9.17) is 18.9 Å². The Morgan fingerprint density at radius 3 is 0.908 bits per heavy atom. The summed E-state index contributed by atoms with van der Waals surface area (Å²) < 4.78 is 22.4. The van der Waals surface area contributed by atoms with Crippen LogP contribution in [-0.2, 0) is 18.3 Å². The van der Waals surface area contributed by atoms with Crippen LogP contribution in [0.5, 0.6) is 23.0 Å². The van der Waals surface area contributed by atoms with E-state index in [-0.39, 0.29) is 0 Å². The van der Waals surface area contributed by atoms with Crippen LogP contribution in [0.1, 0.15) is 33.4 Å². The number of methoxy groups -OCH3 is 4. The van der Waals surface area contributed by atoms with Gasteiger partial charge in [0.25, 0.3) is 0 Å². The number of benzene rings is 8. The third-order valence-electron chi connectivity index (χ3n) is 12.6. The fourth-order valence-corrected chi connectivity index (χ4v) is 9.25. The lowest BCUT2D eigenvalue weighted by molar-refractivity contribution is 0.414. The van der Waals surface area contributed by atoms with Gasteiger partial charge in [0.05, 0.1) is 28.4 Å². The number of nitrogens with zero attached hydrogens (tertiary/aromatic N) is 2. The maximum atomic E-state index is 5.60. The highest BCUT2D eigenvalue weighted by Gasteiger charge is 2.44. The van der Waals surface area contributed by atoms with E-state index in [2.05, 4.69) is 156 Å². The first-order valence-corrected chi connectivity index (χ1v) is 21.8. The molecule has 0 atom stereocenters. The molecule has 0 N–H and O–H groups in total. The molecule has 6 heteroatoms. The zero-order chi connectivity index (χ0) is 44.9. The highest BCUT2D eigenvalue weighted by molar-refractivity contribution is 5.89. The van der Waals surface area contributed by atoms with Gasteiger partial charge in [0.2, 0.25) is 0 Å². The summed E-state index contributed by atoms with van der Waals surface area (Å²) in [6.45, 7) is 8.11. The Morgan fingerprint density at radius 2 is 0.646 bits per heavy atom. The quantitative estimate of drug-likeness (QED) is 0.0965. The average Bonchev–Trinajstić information content (AvgIpc) is 3.62. The van der Waals surface area contributed by atoms with Crippen molar-refractivity contribution in [1.82, 2.24) is 0 Å². The molecule has 0 unspecified atom stereocenters. The van der Waals surface area contributed by atoms with Gasteiger partial charge in [0.15, 0.2) is 0 Å². The van der Waals surface area contributed by atoms with Gasteiger partial charge in [-0.05, 0) is 179 Å². The van der Waals surface area contributed by atoms with E-state index in [0.29, 0.717) is 0 Å². The first kappa shape index (κ1) is 42.3. The number of ether oxygens (including phenoxy) is 4. The first-order chi connectivity index (χ1) is 31.9. The van der Waals surface area contributed by atoms with Crippen molar-refractivity contribution in [3.63, 3.8) is 0 Å². The van der Waals surface area contributed by atoms with E-state index in [1.807, 2.05) is 60.7 Å². The molecule has 65 heavy (non-hydrogen) atoms. The van der Waals surface area contributed by atoms with Gasteiger partial charge in [-0.15, -0.1) is 0 Å². The van der Waals surface area contributed by atoms with Gasteiger partial charge in [-0.3, -0.25) is 0 Å². The molecule has 322 valence electrons. The van der Waals surface area contributed by atoms with Gasteiger partial charge >= 0.3 is 0 Å². The molecule has 6 nitrogen and oxygen atoms in total. The highest BCUT2D eigenvalue weighted by Crippen LogP contribution is 2.55. The summed E-state index contributed by atoms with van der Waals surface area (Å²) >= 11 is 0. The maximum absolute atomic E-state index is 5.60.